The highest BCUT2D eigenvalue weighted by molar-refractivity contribution is 6.76. The molecule has 2 aromatic rings. The maximum atomic E-state index is 6.05. The highest BCUT2D eigenvalue weighted by atomic mass is 28.3. The van der Waals surface area contributed by atoms with Crippen LogP contribution in [0.5, 0.6) is 0 Å². The van der Waals surface area contributed by atoms with E-state index in [0.29, 0.717) is 18.6 Å². The van der Waals surface area contributed by atoms with Crippen molar-refractivity contribution < 1.29 is 4.74 Å². The minimum absolute atomic E-state index is 0.565. The first kappa shape index (κ1) is 18.4. The van der Waals surface area contributed by atoms with Gasteiger partial charge in [-0.25, -0.2) is 4.98 Å². The van der Waals surface area contributed by atoms with E-state index >= 15 is 0 Å². The average Bonchev–Trinajstić information content (AvgIpc) is 3.07. The molecule has 3 rings (SSSR count). The van der Waals surface area contributed by atoms with Gasteiger partial charge in [0.1, 0.15) is 12.5 Å². The van der Waals surface area contributed by atoms with Crippen LogP contribution in [-0.2, 0) is 18.0 Å². The molecule has 0 aliphatic carbocycles. The molecular weight excluding hydrogens is 328 g/mol. The molecule has 0 bridgehead atoms. The molecule has 2 N–H and O–H groups in total. The number of nitrogen functional groups attached to an aromatic ring is 1. The molecule has 1 aliphatic rings. The number of fused-ring (bicyclic) bond motifs is 1. The Hall–Kier alpha value is -1.37. The van der Waals surface area contributed by atoms with Gasteiger partial charge in [-0.2, -0.15) is 0 Å². The number of ether oxygens (including phenoxy) is 1. The van der Waals surface area contributed by atoms with Crippen molar-refractivity contribution in [2.75, 3.05) is 18.9 Å². The van der Waals surface area contributed by atoms with Crippen LogP contribution in [0.2, 0.25) is 25.7 Å². The van der Waals surface area contributed by atoms with Crippen molar-refractivity contribution >= 4 is 24.8 Å². The molecule has 1 saturated heterocycles. The molecule has 25 heavy (non-hydrogen) atoms. The van der Waals surface area contributed by atoms with Gasteiger partial charge in [-0.05, 0) is 38.4 Å². The predicted molar refractivity (Wildman–Crippen MR) is 107 cm³/mol. The molecule has 1 fully saturated rings. The van der Waals surface area contributed by atoms with E-state index in [1.54, 1.807) is 0 Å². The van der Waals surface area contributed by atoms with Crippen molar-refractivity contribution in [3.8, 4) is 0 Å². The fraction of sp³-hybridized carbons (Fsp3) is 0.632. The SMILES string of the molecule is C[C@H]1CCCN1Cc1cc2cnc(N)cc2n1COCC[Si](C)(C)C. The van der Waals surface area contributed by atoms with Crippen molar-refractivity contribution in [1.82, 2.24) is 14.5 Å². The number of pyridine rings is 1. The number of hydrogen-bond acceptors (Lipinski definition) is 4. The number of nitrogens with zero attached hydrogens (tertiary/aromatic N) is 3. The lowest BCUT2D eigenvalue weighted by Crippen LogP contribution is -2.27. The number of anilines is 1. The second-order valence-electron chi connectivity index (χ2n) is 8.54. The zero-order chi connectivity index (χ0) is 18.0. The van der Waals surface area contributed by atoms with Crippen LogP contribution in [0.4, 0.5) is 5.82 Å². The van der Waals surface area contributed by atoms with Crippen LogP contribution < -0.4 is 5.73 Å². The lowest BCUT2D eigenvalue weighted by Gasteiger charge is -2.22. The molecule has 0 saturated carbocycles. The summed E-state index contributed by atoms with van der Waals surface area (Å²) >= 11 is 0. The molecule has 1 aliphatic heterocycles. The number of hydrogen-bond donors (Lipinski definition) is 1. The van der Waals surface area contributed by atoms with Gasteiger partial charge in [0.25, 0.3) is 0 Å². The zero-order valence-corrected chi connectivity index (χ0v) is 17.1. The Kier molecular flexibility index (Phi) is 5.51. The maximum Gasteiger partial charge on any atom is 0.125 e. The fourth-order valence-electron chi connectivity index (χ4n) is 3.48. The van der Waals surface area contributed by atoms with Crippen molar-refractivity contribution in [3.05, 3.63) is 24.0 Å². The maximum absolute atomic E-state index is 6.05. The summed E-state index contributed by atoms with van der Waals surface area (Å²) in [6.07, 6.45) is 4.46. The van der Waals surface area contributed by atoms with E-state index in [1.165, 1.54) is 31.1 Å². The lowest BCUT2D eigenvalue weighted by molar-refractivity contribution is 0.0863. The van der Waals surface area contributed by atoms with E-state index in [2.05, 4.69) is 47.1 Å². The van der Waals surface area contributed by atoms with Crippen molar-refractivity contribution in [3.63, 3.8) is 0 Å². The Balaban J connectivity index is 1.79. The van der Waals surface area contributed by atoms with E-state index in [4.69, 9.17) is 10.5 Å². The van der Waals surface area contributed by atoms with E-state index in [-0.39, 0.29) is 0 Å². The summed E-state index contributed by atoms with van der Waals surface area (Å²) in [5.41, 5.74) is 8.35. The van der Waals surface area contributed by atoms with Crippen LogP contribution in [0.25, 0.3) is 10.9 Å². The van der Waals surface area contributed by atoms with Gasteiger partial charge in [0, 0.05) is 50.6 Å². The third kappa shape index (κ3) is 4.62. The Morgan fingerprint density at radius 2 is 2.12 bits per heavy atom. The number of nitrogens with two attached hydrogens (primary N) is 1. The zero-order valence-electron chi connectivity index (χ0n) is 16.1. The van der Waals surface area contributed by atoms with Crippen LogP contribution in [0.3, 0.4) is 0 Å². The van der Waals surface area contributed by atoms with E-state index in [1.807, 2.05) is 12.3 Å². The summed E-state index contributed by atoms with van der Waals surface area (Å²) < 4.78 is 8.33. The first-order chi connectivity index (χ1) is 11.8. The average molecular weight is 361 g/mol. The quantitative estimate of drug-likeness (QED) is 0.601. The number of likely N-dealkylation sites (tertiary alicyclic amines) is 1. The molecular formula is C19H32N4OSi. The van der Waals surface area contributed by atoms with E-state index in [0.717, 1.165) is 24.1 Å². The second-order valence-corrected chi connectivity index (χ2v) is 14.2. The van der Waals surface area contributed by atoms with Crippen LogP contribution in [0, 0.1) is 0 Å². The topological polar surface area (TPSA) is 56.3 Å². The molecule has 0 unspecified atom stereocenters. The highest BCUT2D eigenvalue weighted by Gasteiger charge is 2.22. The predicted octanol–water partition coefficient (Wildman–Crippen LogP) is 3.92. The first-order valence-electron chi connectivity index (χ1n) is 9.39. The summed E-state index contributed by atoms with van der Waals surface area (Å²) in [5, 5.41) is 1.14. The third-order valence-electron chi connectivity index (χ3n) is 5.17. The standard InChI is InChI=1S/C19H32N4OSi/c1-15-6-5-7-22(15)13-17-10-16-12-21-19(20)11-18(16)23(17)14-24-8-9-25(2,3)4/h10-12,15H,5-9,13-14H2,1-4H3,(H2,20,21)/t15-/m0/s1. The molecule has 5 nitrogen and oxygen atoms in total. The Morgan fingerprint density at radius 1 is 1.32 bits per heavy atom. The molecule has 0 radical (unpaired) electrons. The Morgan fingerprint density at radius 3 is 2.80 bits per heavy atom. The summed E-state index contributed by atoms with van der Waals surface area (Å²) in [4.78, 5) is 6.81. The van der Waals surface area contributed by atoms with Crippen LogP contribution in [0.15, 0.2) is 18.3 Å². The minimum atomic E-state index is -1.07. The summed E-state index contributed by atoms with van der Waals surface area (Å²) in [5.74, 6) is 0.565. The second kappa shape index (κ2) is 7.48. The normalized spacial score (nSPS) is 19.1. The molecule has 0 amide bonds. The van der Waals surface area contributed by atoms with Crippen LogP contribution >= 0.6 is 0 Å². The number of aromatic nitrogens is 2. The van der Waals surface area contributed by atoms with Crippen molar-refractivity contribution in [1.29, 1.82) is 0 Å². The van der Waals surface area contributed by atoms with E-state index in [9.17, 15) is 0 Å². The summed E-state index contributed by atoms with van der Waals surface area (Å²) in [6, 6.07) is 6.06. The smallest absolute Gasteiger partial charge is 0.125 e. The summed E-state index contributed by atoms with van der Waals surface area (Å²) in [7, 11) is -1.07. The van der Waals surface area contributed by atoms with Crippen molar-refractivity contribution in [2.45, 2.75) is 64.8 Å². The largest absolute Gasteiger partial charge is 0.384 e. The van der Waals surface area contributed by atoms with Gasteiger partial charge >= 0.3 is 0 Å². The Bertz CT molecular complexity index is 722. The van der Waals surface area contributed by atoms with Gasteiger partial charge in [0.05, 0.1) is 5.52 Å². The summed E-state index contributed by atoms with van der Waals surface area (Å²) in [6.45, 7) is 13.0. The van der Waals surface area contributed by atoms with Gasteiger partial charge in [0.2, 0.25) is 0 Å². The molecule has 6 heteroatoms. The molecule has 0 aromatic carbocycles. The van der Waals surface area contributed by atoms with Gasteiger partial charge in [0.15, 0.2) is 0 Å². The van der Waals surface area contributed by atoms with Crippen molar-refractivity contribution in [2.24, 2.45) is 0 Å². The first-order valence-corrected chi connectivity index (χ1v) is 13.1. The van der Waals surface area contributed by atoms with Crippen LogP contribution in [-0.4, -0.2) is 41.7 Å². The monoisotopic (exact) mass is 360 g/mol. The fourth-order valence-corrected chi connectivity index (χ4v) is 4.24. The molecule has 1 atom stereocenters. The highest BCUT2D eigenvalue weighted by Crippen LogP contribution is 2.25. The Labute approximate surface area is 152 Å². The lowest BCUT2D eigenvalue weighted by atomic mass is 10.2. The van der Waals surface area contributed by atoms with Crippen LogP contribution in [0.1, 0.15) is 25.5 Å². The third-order valence-corrected chi connectivity index (χ3v) is 6.87. The molecule has 0 spiro atoms. The minimum Gasteiger partial charge on any atom is -0.384 e. The van der Waals surface area contributed by atoms with Gasteiger partial charge in [-0.1, -0.05) is 19.6 Å². The van der Waals surface area contributed by atoms with Gasteiger partial charge in [-0.15, -0.1) is 0 Å². The van der Waals surface area contributed by atoms with Gasteiger partial charge in [-0.3, -0.25) is 4.90 Å². The molecule has 138 valence electrons. The molecule has 2 aromatic heterocycles. The van der Waals surface area contributed by atoms with E-state index < -0.39 is 8.07 Å². The molecule has 3 heterocycles. The van der Waals surface area contributed by atoms with Gasteiger partial charge < -0.3 is 15.0 Å². The number of rotatable bonds is 7.